The molecule has 0 fully saturated rings. The molecule has 8 nitrogen and oxygen atoms in total. The normalized spacial score (nSPS) is 15.0. The third-order valence-electron chi connectivity index (χ3n) is 8.63. The third-order valence-corrected chi connectivity index (χ3v) is 9.60. The molecule has 0 aromatic heterocycles. The Kier molecular flexibility index (Phi) is 31.8. The number of hydrogen-bond donors (Lipinski definition) is 2. The Labute approximate surface area is 302 Å². The van der Waals surface area contributed by atoms with Crippen molar-refractivity contribution < 1.29 is 32.9 Å². The van der Waals surface area contributed by atoms with Crippen LogP contribution in [0.3, 0.4) is 0 Å². The standard InChI is InChI=1S/C40H77N2O6P/c1-6-8-10-12-14-15-16-17-18-19-20-21-22-23-24-25-26-27-28-30-32-34-40(44)41-38(39(43)33-31-29-13-11-9-7-2)37-48-49(45,46)47-36-35-42(3,4)5/h16-17,19-20,22-23,38-39,43H,6-15,18,21,24-37H2,1-5H3,(H-,41,44,45,46)/b17-16-,20-19-,23-22-. The number of allylic oxidation sites excluding steroid dienone is 6. The quantitative estimate of drug-likeness (QED) is 0.0293. The van der Waals surface area contributed by atoms with Crippen LogP contribution in [0.1, 0.15) is 162 Å². The van der Waals surface area contributed by atoms with Crippen LogP contribution < -0.4 is 10.2 Å². The summed E-state index contributed by atoms with van der Waals surface area (Å²) >= 11 is 0. The van der Waals surface area contributed by atoms with E-state index < -0.39 is 20.0 Å². The van der Waals surface area contributed by atoms with Gasteiger partial charge in [0.1, 0.15) is 13.2 Å². The molecule has 0 aliphatic heterocycles. The smallest absolute Gasteiger partial charge is 0.268 e. The monoisotopic (exact) mass is 713 g/mol. The van der Waals surface area contributed by atoms with E-state index in [2.05, 4.69) is 55.6 Å². The summed E-state index contributed by atoms with van der Waals surface area (Å²) in [4.78, 5) is 25.1. The van der Waals surface area contributed by atoms with Crippen molar-refractivity contribution in [3.05, 3.63) is 36.5 Å². The highest BCUT2D eigenvalue weighted by Crippen LogP contribution is 2.38. The molecule has 2 N–H and O–H groups in total. The predicted molar refractivity (Wildman–Crippen MR) is 205 cm³/mol. The number of nitrogens with one attached hydrogen (secondary N) is 1. The Hall–Kier alpha value is -1.28. The predicted octanol–water partition coefficient (Wildman–Crippen LogP) is 9.72. The number of hydrogen-bond acceptors (Lipinski definition) is 6. The van der Waals surface area contributed by atoms with Crippen LogP contribution >= 0.6 is 7.82 Å². The third kappa shape index (κ3) is 34.9. The number of phosphoric acid groups is 1. The van der Waals surface area contributed by atoms with Gasteiger partial charge in [0, 0.05) is 6.42 Å². The van der Waals surface area contributed by atoms with Gasteiger partial charge in [-0.2, -0.15) is 0 Å². The van der Waals surface area contributed by atoms with Crippen molar-refractivity contribution >= 4 is 13.7 Å². The number of quaternary nitrogens is 1. The molecule has 3 unspecified atom stereocenters. The van der Waals surface area contributed by atoms with Crippen LogP contribution in [0.4, 0.5) is 0 Å². The van der Waals surface area contributed by atoms with E-state index in [9.17, 15) is 19.4 Å². The average molecular weight is 713 g/mol. The lowest BCUT2D eigenvalue weighted by Gasteiger charge is -2.30. The molecule has 0 spiro atoms. The van der Waals surface area contributed by atoms with Crippen LogP contribution in [-0.4, -0.2) is 68.5 Å². The SMILES string of the molecule is CCCCCCC/C=C\C/C=C\C/C=C\CCCCCCCCC(=O)NC(COP(=O)([O-])OCC[N+](C)(C)C)C(O)CCCCCCCC. The number of likely N-dealkylation sites (N-methyl/N-ethyl adjacent to an activating group) is 1. The lowest BCUT2D eigenvalue weighted by molar-refractivity contribution is -0.870. The minimum absolute atomic E-state index is 0.00750. The molecule has 9 heteroatoms. The topological polar surface area (TPSA) is 108 Å². The van der Waals surface area contributed by atoms with Gasteiger partial charge in [0.15, 0.2) is 0 Å². The van der Waals surface area contributed by atoms with Crippen LogP contribution in [0, 0.1) is 0 Å². The first-order valence-electron chi connectivity index (χ1n) is 19.8. The maximum atomic E-state index is 12.7. The molecule has 288 valence electrons. The molecule has 0 radical (unpaired) electrons. The van der Waals surface area contributed by atoms with Crippen molar-refractivity contribution in [1.82, 2.24) is 5.32 Å². The average Bonchev–Trinajstić information content (AvgIpc) is 3.04. The molecule has 0 rings (SSSR count). The Balaban J connectivity index is 4.24. The van der Waals surface area contributed by atoms with Crippen molar-refractivity contribution in [2.75, 3.05) is 40.9 Å². The number of aliphatic hydroxyl groups is 1. The van der Waals surface area contributed by atoms with Gasteiger partial charge in [-0.3, -0.25) is 9.36 Å². The van der Waals surface area contributed by atoms with E-state index in [-0.39, 0.29) is 19.1 Å². The highest BCUT2D eigenvalue weighted by molar-refractivity contribution is 7.45. The van der Waals surface area contributed by atoms with E-state index in [0.717, 1.165) is 64.2 Å². The van der Waals surface area contributed by atoms with Crippen molar-refractivity contribution in [1.29, 1.82) is 0 Å². The molecule has 1 amide bonds. The number of aliphatic hydroxyl groups excluding tert-OH is 1. The Morgan fingerprint density at radius 3 is 1.71 bits per heavy atom. The van der Waals surface area contributed by atoms with E-state index >= 15 is 0 Å². The Morgan fingerprint density at radius 1 is 0.714 bits per heavy atom. The number of rotatable bonds is 35. The van der Waals surface area contributed by atoms with Gasteiger partial charge >= 0.3 is 0 Å². The van der Waals surface area contributed by atoms with Crippen LogP contribution in [-0.2, 0) is 18.4 Å². The summed E-state index contributed by atoms with van der Waals surface area (Å²) in [5.74, 6) is -0.185. The van der Waals surface area contributed by atoms with Gasteiger partial charge in [0.2, 0.25) is 5.91 Å². The molecular weight excluding hydrogens is 635 g/mol. The maximum Gasteiger partial charge on any atom is 0.268 e. The minimum atomic E-state index is -4.55. The van der Waals surface area contributed by atoms with Crippen LogP contribution in [0.25, 0.3) is 0 Å². The van der Waals surface area contributed by atoms with E-state index in [1.165, 1.54) is 70.6 Å². The second kappa shape index (κ2) is 32.6. The zero-order chi connectivity index (χ0) is 36.5. The Bertz CT molecular complexity index is 902. The van der Waals surface area contributed by atoms with Crippen LogP contribution in [0.2, 0.25) is 0 Å². The van der Waals surface area contributed by atoms with Crippen molar-refractivity contribution in [2.24, 2.45) is 0 Å². The summed E-state index contributed by atoms with van der Waals surface area (Å²) in [6.07, 6.45) is 37.4. The second-order valence-corrected chi connectivity index (χ2v) is 16.0. The minimum Gasteiger partial charge on any atom is -0.756 e. The zero-order valence-electron chi connectivity index (χ0n) is 32.4. The molecule has 0 aromatic carbocycles. The highest BCUT2D eigenvalue weighted by Gasteiger charge is 2.24. The number of carbonyl (C=O) groups excluding carboxylic acids is 1. The summed E-state index contributed by atoms with van der Waals surface area (Å²) in [5, 5.41) is 13.7. The van der Waals surface area contributed by atoms with Gasteiger partial charge in [0.25, 0.3) is 7.82 Å². The first-order valence-corrected chi connectivity index (χ1v) is 21.3. The molecule has 49 heavy (non-hydrogen) atoms. The number of carbonyl (C=O) groups is 1. The molecule has 0 aromatic rings. The lowest BCUT2D eigenvalue weighted by Crippen LogP contribution is -2.46. The van der Waals surface area contributed by atoms with Gasteiger partial charge in [0.05, 0.1) is 39.9 Å². The lowest BCUT2D eigenvalue weighted by atomic mass is 10.0. The second-order valence-electron chi connectivity index (χ2n) is 14.6. The number of unbranched alkanes of at least 4 members (excludes halogenated alkanes) is 16. The molecule has 0 aliphatic rings. The summed E-state index contributed by atoms with van der Waals surface area (Å²) in [7, 11) is 1.28. The largest absolute Gasteiger partial charge is 0.756 e. The molecule has 0 heterocycles. The number of nitrogens with zero attached hydrogens (tertiary/aromatic N) is 1. The van der Waals surface area contributed by atoms with Gasteiger partial charge in [-0.25, -0.2) is 0 Å². The maximum absolute atomic E-state index is 12.7. The number of phosphoric ester groups is 1. The summed E-state index contributed by atoms with van der Waals surface area (Å²) in [5.41, 5.74) is 0. The highest BCUT2D eigenvalue weighted by atomic mass is 31.2. The summed E-state index contributed by atoms with van der Waals surface area (Å²) in [6.45, 7) is 4.60. The molecule has 0 saturated heterocycles. The molecule has 0 saturated carbocycles. The molecule has 0 aliphatic carbocycles. The number of amides is 1. The fourth-order valence-corrected chi connectivity index (χ4v) is 6.12. The fraction of sp³-hybridized carbons (Fsp3) is 0.825. The zero-order valence-corrected chi connectivity index (χ0v) is 33.3. The van der Waals surface area contributed by atoms with Crippen LogP contribution in [0.5, 0.6) is 0 Å². The van der Waals surface area contributed by atoms with Crippen molar-refractivity contribution in [2.45, 2.75) is 174 Å². The molecular formula is C40H77N2O6P. The summed E-state index contributed by atoms with van der Waals surface area (Å²) in [6, 6.07) is -0.803. The van der Waals surface area contributed by atoms with Gasteiger partial charge in [-0.15, -0.1) is 0 Å². The Morgan fingerprint density at radius 2 is 1.18 bits per heavy atom. The van der Waals surface area contributed by atoms with Crippen molar-refractivity contribution in [3.8, 4) is 0 Å². The van der Waals surface area contributed by atoms with E-state index in [1.54, 1.807) is 0 Å². The summed E-state index contributed by atoms with van der Waals surface area (Å²) < 4.78 is 23.0. The fourth-order valence-electron chi connectivity index (χ4n) is 5.40. The van der Waals surface area contributed by atoms with E-state index in [1.807, 2.05) is 21.1 Å². The van der Waals surface area contributed by atoms with Crippen LogP contribution in [0.15, 0.2) is 36.5 Å². The molecule has 0 bridgehead atoms. The van der Waals surface area contributed by atoms with Gasteiger partial charge in [-0.05, 0) is 51.4 Å². The first kappa shape index (κ1) is 47.7. The molecule has 3 atom stereocenters. The van der Waals surface area contributed by atoms with E-state index in [0.29, 0.717) is 23.9 Å². The van der Waals surface area contributed by atoms with Gasteiger partial charge in [-0.1, -0.05) is 140 Å². The first-order chi connectivity index (χ1) is 23.5. The van der Waals surface area contributed by atoms with Crippen molar-refractivity contribution in [3.63, 3.8) is 0 Å². The van der Waals surface area contributed by atoms with E-state index in [4.69, 9.17) is 9.05 Å². The van der Waals surface area contributed by atoms with Gasteiger partial charge < -0.3 is 28.8 Å².